The molecule has 2 unspecified atom stereocenters. The number of nitrogens with two attached hydrogens (primary N) is 1. The van der Waals surface area contributed by atoms with Crippen LogP contribution in [0.25, 0.3) is 11.3 Å². The minimum atomic E-state index is 0.605. The molecule has 3 nitrogen and oxygen atoms in total. The van der Waals surface area contributed by atoms with E-state index in [-0.39, 0.29) is 0 Å². The van der Waals surface area contributed by atoms with Crippen LogP contribution in [-0.4, -0.2) is 9.78 Å². The molecule has 114 valence electrons. The highest BCUT2D eigenvalue weighted by Gasteiger charge is 2.16. The average Bonchev–Trinajstić information content (AvgIpc) is 2.93. The van der Waals surface area contributed by atoms with Crippen LogP contribution in [0.1, 0.15) is 32.3 Å². The van der Waals surface area contributed by atoms with Crippen LogP contribution in [-0.2, 0) is 0 Å². The summed E-state index contributed by atoms with van der Waals surface area (Å²) in [6.45, 7) is 4.55. The molecule has 1 aliphatic rings. The molecule has 0 fully saturated rings. The van der Waals surface area contributed by atoms with Crippen molar-refractivity contribution in [2.45, 2.75) is 26.7 Å². The quantitative estimate of drug-likeness (QED) is 0.670. The first-order valence-electron chi connectivity index (χ1n) is 7.95. The van der Waals surface area contributed by atoms with Crippen LogP contribution in [0, 0.1) is 11.8 Å². The summed E-state index contributed by atoms with van der Waals surface area (Å²) in [7, 11) is 0. The Balaban J connectivity index is 1.90. The lowest BCUT2D eigenvalue weighted by Crippen LogP contribution is -2.04. The van der Waals surface area contributed by atoms with Crippen LogP contribution in [0.4, 0.5) is 5.69 Å². The normalized spacial score (nSPS) is 21.5. The summed E-state index contributed by atoms with van der Waals surface area (Å²) in [6.07, 6.45) is 13.3. The number of allylic oxidation sites excluding steroid dienone is 4. The number of anilines is 1. The van der Waals surface area contributed by atoms with Crippen LogP contribution >= 0.6 is 0 Å². The second-order valence-corrected chi connectivity index (χ2v) is 6.02. The topological polar surface area (TPSA) is 43.8 Å². The van der Waals surface area contributed by atoms with Crippen molar-refractivity contribution in [3.05, 3.63) is 60.5 Å². The summed E-state index contributed by atoms with van der Waals surface area (Å²) in [5.74, 6) is 1.21. The Morgan fingerprint density at radius 3 is 2.77 bits per heavy atom. The summed E-state index contributed by atoms with van der Waals surface area (Å²) < 4.78 is 1.91. The minimum absolute atomic E-state index is 0.605. The number of benzene rings is 1. The molecule has 0 aliphatic heterocycles. The molecule has 3 rings (SSSR count). The van der Waals surface area contributed by atoms with Crippen LogP contribution < -0.4 is 5.73 Å². The van der Waals surface area contributed by atoms with Gasteiger partial charge in [0.05, 0.1) is 11.9 Å². The van der Waals surface area contributed by atoms with Gasteiger partial charge in [-0.05, 0) is 54.5 Å². The molecule has 0 amide bonds. The van der Waals surface area contributed by atoms with Crippen molar-refractivity contribution in [3.8, 4) is 5.69 Å². The molecule has 1 heterocycles. The molecule has 22 heavy (non-hydrogen) atoms. The van der Waals surface area contributed by atoms with E-state index in [1.807, 2.05) is 35.1 Å². The fourth-order valence-electron chi connectivity index (χ4n) is 2.99. The molecule has 1 aromatic heterocycles. The zero-order valence-corrected chi connectivity index (χ0v) is 13.2. The summed E-state index contributed by atoms with van der Waals surface area (Å²) in [6, 6.07) is 7.78. The largest absolute Gasteiger partial charge is 0.399 e. The number of aromatic nitrogens is 2. The van der Waals surface area contributed by atoms with E-state index in [4.69, 9.17) is 5.73 Å². The number of hydrogen-bond acceptors (Lipinski definition) is 2. The van der Waals surface area contributed by atoms with Crippen LogP contribution in [0.15, 0.2) is 54.9 Å². The maximum absolute atomic E-state index is 5.74. The predicted molar refractivity (Wildman–Crippen MR) is 92.7 cm³/mol. The maximum atomic E-state index is 5.74. The van der Waals surface area contributed by atoms with Gasteiger partial charge in [-0.1, -0.05) is 32.1 Å². The fraction of sp³-hybridized carbons (Fsp3) is 0.316. The monoisotopic (exact) mass is 293 g/mol. The SMILES string of the molecule is CCC1C=C(c2cnn(-c3ccc(N)cc3)c2)CC=CC1C. The molecule has 0 spiro atoms. The van der Waals surface area contributed by atoms with Crippen LogP contribution in [0.3, 0.4) is 0 Å². The van der Waals surface area contributed by atoms with Gasteiger partial charge < -0.3 is 5.73 Å². The number of hydrogen-bond donors (Lipinski definition) is 1. The van der Waals surface area contributed by atoms with Gasteiger partial charge >= 0.3 is 0 Å². The van der Waals surface area contributed by atoms with Gasteiger partial charge in [0.2, 0.25) is 0 Å². The molecule has 0 radical (unpaired) electrons. The lowest BCUT2D eigenvalue weighted by atomic mass is 9.90. The first-order chi connectivity index (χ1) is 10.7. The molecular weight excluding hydrogens is 270 g/mol. The van der Waals surface area contributed by atoms with E-state index in [9.17, 15) is 0 Å². The first-order valence-corrected chi connectivity index (χ1v) is 7.95. The molecule has 0 saturated carbocycles. The van der Waals surface area contributed by atoms with Gasteiger partial charge in [0.15, 0.2) is 0 Å². The van der Waals surface area contributed by atoms with E-state index in [1.54, 1.807) is 0 Å². The number of nitrogens with zero attached hydrogens (tertiary/aromatic N) is 2. The van der Waals surface area contributed by atoms with Gasteiger partial charge in [-0.2, -0.15) is 5.10 Å². The van der Waals surface area contributed by atoms with Crippen LogP contribution in [0.2, 0.25) is 0 Å². The van der Waals surface area contributed by atoms with E-state index >= 15 is 0 Å². The Labute approximate surface area is 132 Å². The predicted octanol–water partition coefficient (Wildman–Crippen LogP) is 4.46. The van der Waals surface area contributed by atoms with Crippen molar-refractivity contribution in [1.29, 1.82) is 0 Å². The van der Waals surface area contributed by atoms with Crippen LogP contribution in [0.5, 0.6) is 0 Å². The van der Waals surface area contributed by atoms with Gasteiger partial charge in [-0.3, -0.25) is 0 Å². The third-order valence-electron chi connectivity index (χ3n) is 4.45. The summed E-state index contributed by atoms with van der Waals surface area (Å²) in [5, 5.41) is 4.50. The number of nitrogen functional groups attached to an aromatic ring is 1. The van der Waals surface area contributed by atoms with Gasteiger partial charge in [-0.15, -0.1) is 0 Å². The first kappa shape index (κ1) is 14.6. The van der Waals surface area contributed by atoms with Crippen molar-refractivity contribution >= 4 is 11.3 Å². The van der Waals surface area contributed by atoms with E-state index in [1.165, 1.54) is 17.6 Å². The smallest absolute Gasteiger partial charge is 0.0647 e. The molecule has 2 atom stereocenters. The highest BCUT2D eigenvalue weighted by atomic mass is 15.3. The minimum Gasteiger partial charge on any atom is -0.399 e. The molecule has 1 aromatic carbocycles. The van der Waals surface area contributed by atoms with Crippen molar-refractivity contribution in [3.63, 3.8) is 0 Å². The third-order valence-corrected chi connectivity index (χ3v) is 4.45. The summed E-state index contributed by atoms with van der Waals surface area (Å²) in [5.41, 5.74) is 10.1. The van der Waals surface area contributed by atoms with E-state index < -0.39 is 0 Å². The Morgan fingerprint density at radius 2 is 2.05 bits per heavy atom. The Kier molecular flexibility index (Phi) is 4.14. The molecule has 2 aromatic rings. The van der Waals surface area contributed by atoms with Crippen molar-refractivity contribution < 1.29 is 0 Å². The van der Waals surface area contributed by atoms with Crippen molar-refractivity contribution in [2.24, 2.45) is 11.8 Å². The van der Waals surface area contributed by atoms with E-state index in [0.29, 0.717) is 11.8 Å². The van der Waals surface area contributed by atoms with Gasteiger partial charge in [-0.25, -0.2) is 4.68 Å². The second kappa shape index (κ2) is 6.22. The second-order valence-electron chi connectivity index (χ2n) is 6.02. The molecule has 2 N–H and O–H groups in total. The highest BCUT2D eigenvalue weighted by molar-refractivity contribution is 5.67. The zero-order valence-electron chi connectivity index (χ0n) is 13.2. The average molecular weight is 293 g/mol. The van der Waals surface area contributed by atoms with Gasteiger partial charge in [0.25, 0.3) is 0 Å². The third kappa shape index (κ3) is 2.98. The lowest BCUT2D eigenvalue weighted by molar-refractivity contribution is 0.499. The Bertz CT molecular complexity index is 692. The Morgan fingerprint density at radius 1 is 1.27 bits per heavy atom. The van der Waals surface area contributed by atoms with E-state index in [0.717, 1.165) is 17.8 Å². The van der Waals surface area contributed by atoms with Crippen molar-refractivity contribution in [1.82, 2.24) is 9.78 Å². The molecule has 0 bridgehead atoms. The van der Waals surface area contributed by atoms with E-state index in [2.05, 4.69) is 43.4 Å². The molecular formula is C19H23N3. The van der Waals surface area contributed by atoms with Gasteiger partial charge in [0.1, 0.15) is 0 Å². The number of rotatable bonds is 3. The maximum Gasteiger partial charge on any atom is 0.0647 e. The van der Waals surface area contributed by atoms with Crippen molar-refractivity contribution in [2.75, 3.05) is 5.73 Å². The molecule has 0 saturated heterocycles. The Hall–Kier alpha value is -2.29. The standard InChI is InChI=1S/C19H23N3/c1-3-15-11-16(6-4-5-14(15)2)17-12-21-22(13-17)19-9-7-18(20)8-10-19/h4-5,7-15H,3,6,20H2,1-2H3. The molecule has 1 aliphatic carbocycles. The lowest BCUT2D eigenvalue weighted by Gasteiger charge is -2.15. The van der Waals surface area contributed by atoms with Gasteiger partial charge in [0, 0.05) is 17.4 Å². The summed E-state index contributed by atoms with van der Waals surface area (Å²) in [4.78, 5) is 0. The fourth-order valence-corrected chi connectivity index (χ4v) is 2.99. The molecule has 3 heteroatoms. The summed E-state index contributed by atoms with van der Waals surface area (Å²) >= 11 is 0. The zero-order chi connectivity index (χ0) is 15.5. The highest BCUT2D eigenvalue weighted by Crippen LogP contribution is 2.30.